The van der Waals surface area contributed by atoms with Gasteiger partial charge in [0.1, 0.15) is 19.0 Å². The zero-order valence-electron chi connectivity index (χ0n) is 15.1. The van der Waals surface area contributed by atoms with Gasteiger partial charge < -0.3 is 13.9 Å². The molecule has 8 heteroatoms. The Morgan fingerprint density at radius 3 is 2.56 bits per heavy atom. The van der Waals surface area contributed by atoms with Crippen molar-refractivity contribution in [1.29, 1.82) is 0 Å². The molecule has 27 heavy (non-hydrogen) atoms. The molecule has 0 radical (unpaired) electrons. The van der Waals surface area contributed by atoms with Crippen molar-refractivity contribution in [2.24, 2.45) is 0 Å². The average molecular weight is 392 g/mol. The maximum absolute atomic E-state index is 12.8. The van der Waals surface area contributed by atoms with Crippen LogP contribution < -0.4 is 14.2 Å². The fourth-order valence-corrected chi connectivity index (χ4v) is 4.64. The summed E-state index contributed by atoms with van der Waals surface area (Å²) in [6, 6.07) is 8.31. The quantitative estimate of drug-likeness (QED) is 0.814. The van der Waals surface area contributed by atoms with Gasteiger partial charge in [-0.05, 0) is 50.2 Å². The van der Waals surface area contributed by atoms with E-state index in [1.807, 2.05) is 12.1 Å². The Labute approximate surface area is 159 Å². The number of likely N-dealkylation sites (tertiary alicyclic amines) is 1. The molecule has 2 aliphatic heterocycles. The van der Waals surface area contributed by atoms with Crippen LogP contribution in [0, 0.1) is 0 Å². The van der Waals surface area contributed by atoms with Crippen molar-refractivity contribution in [3.63, 3.8) is 0 Å². The van der Waals surface area contributed by atoms with Crippen LogP contribution >= 0.6 is 0 Å². The van der Waals surface area contributed by atoms with Crippen LogP contribution in [0.1, 0.15) is 31.1 Å². The lowest BCUT2D eigenvalue weighted by Gasteiger charge is -2.33. The Morgan fingerprint density at radius 2 is 1.81 bits per heavy atom. The van der Waals surface area contributed by atoms with Crippen molar-refractivity contribution >= 4 is 10.0 Å². The van der Waals surface area contributed by atoms with E-state index in [9.17, 15) is 8.42 Å². The lowest BCUT2D eigenvalue weighted by atomic mass is 10.1. The third-order valence-electron chi connectivity index (χ3n) is 4.99. The van der Waals surface area contributed by atoms with E-state index in [1.165, 1.54) is 12.5 Å². The number of piperidine rings is 1. The number of nitrogens with one attached hydrogen (secondary N) is 1. The average Bonchev–Trinajstić information content (AvgIpc) is 3.23. The molecule has 4 rings (SSSR count). The number of hydrogen-bond donors (Lipinski definition) is 1. The SMILES string of the molecule is O=S(=O)(NCC(c1ccco1)N1CCCCC1)c1ccc2c(c1)OCCO2. The largest absolute Gasteiger partial charge is 0.486 e. The molecule has 0 saturated carbocycles. The molecule has 1 aromatic carbocycles. The summed E-state index contributed by atoms with van der Waals surface area (Å²) in [5, 5.41) is 0. The number of ether oxygens (including phenoxy) is 2. The summed E-state index contributed by atoms with van der Waals surface area (Å²) in [4.78, 5) is 2.46. The maximum atomic E-state index is 12.8. The normalized spacial score (nSPS) is 19.0. The van der Waals surface area contributed by atoms with Gasteiger partial charge in [0.2, 0.25) is 10.0 Å². The Kier molecular flexibility index (Phi) is 5.38. The summed E-state index contributed by atoms with van der Waals surface area (Å²) in [6.45, 7) is 3.02. The third-order valence-corrected chi connectivity index (χ3v) is 6.41. The molecular weight excluding hydrogens is 368 g/mol. The Hall–Kier alpha value is -2.03. The summed E-state index contributed by atoms with van der Waals surface area (Å²) in [6.07, 6.45) is 5.07. The molecule has 1 N–H and O–H groups in total. The van der Waals surface area contributed by atoms with Crippen molar-refractivity contribution in [3.8, 4) is 11.5 Å². The molecule has 1 atom stereocenters. The first kappa shape index (κ1) is 18.3. The minimum atomic E-state index is -3.67. The van der Waals surface area contributed by atoms with Crippen molar-refractivity contribution < 1.29 is 22.3 Å². The molecule has 7 nitrogen and oxygen atoms in total. The lowest BCUT2D eigenvalue weighted by Crippen LogP contribution is -2.40. The van der Waals surface area contributed by atoms with Crippen LogP contribution in [0.25, 0.3) is 0 Å². The second-order valence-electron chi connectivity index (χ2n) is 6.79. The van der Waals surface area contributed by atoms with Gasteiger partial charge in [-0.15, -0.1) is 0 Å². The smallest absolute Gasteiger partial charge is 0.240 e. The molecule has 1 unspecified atom stereocenters. The van der Waals surface area contributed by atoms with Crippen LogP contribution in [-0.4, -0.2) is 46.2 Å². The summed E-state index contributed by atoms with van der Waals surface area (Å²) in [5.74, 6) is 1.81. The number of fused-ring (bicyclic) bond motifs is 1. The molecule has 3 heterocycles. The van der Waals surface area contributed by atoms with E-state index in [2.05, 4.69) is 9.62 Å². The number of rotatable bonds is 6. The first-order valence-corrected chi connectivity index (χ1v) is 10.8. The van der Waals surface area contributed by atoms with Gasteiger partial charge in [0.15, 0.2) is 11.5 Å². The highest BCUT2D eigenvalue weighted by Gasteiger charge is 2.27. The van der Waals surface area contributed by atoms with Gasteiger partial charge in [0, 0.05) is 12.6 Å². The van der Waals surface area contributed by atoms with Crippen molar-refractivity contribution in [2.75, 3.05) is 32.8 Å². The predicted molar refractivity (Wildman–Crippen MR) is 99.5 cm³/mol. The van der Waals surface area contributed by atoms with E-state index < -0.39 is 10.0 Å². The number of furan rings is 1. The summed E-state index contributed by atoms with van der Waals surface area (Å²) < 4.78 is 44.9. The Morgan fingerprint density at radius 1 is 1.04 bits per heavy atom. The van der Waals surface area contributed by atoms with E-state index in [0.717, 1.165) is 31.7 Å². The minimum Gasteiger partial charge on any atom is -0.486 e. The zero-order chi connectivity index (χ0) is 18.7. The van der Waals surface area contributed by atoms with Gasteiger partial charge in [-0.3, -0.25) is 4.90 Å². The zero-order valence-corrected chi connectivity index (χ0v) is 15.9. The second-order valence-corrected chi connectivity index (χ2v) is 8.55. The van der Waals surface area contributed by atoms with Gasteiger partial charge >= 0.3 is 0 Å². The molecule has 0 amide bonds. The predicted octanol–water partition coefficient (Wildman–Crippen LogP) is 2.56. The standard InChI is InChI=1S/C19H24N2O5S/c22-27(23,15-6-7-18-19(13-15)26-12-11-25-18)20-14-16(17-5-4-10-24-17)21-8-2-1-3-9-21/h4-7,10,13,16,20H,1-3,8-9,11-12,14H2. The summed E-state index contributed by atoms with van der Waals surface area (Å²) in [5.41, 5.74) is 0. The van der Waals surface area contributed by atoms with Gasteiger partial charge in [0.25, 0.3) is 0 Å². The number of hydrogen-bond acceptors (Lipinski definition) is 6. The van der Waals surface area contributed by atoms with Crippen LogP contribution in [-0.2, 0) is 10.0 Å². The number of benzene rings is 1. The number of nitrogens with zero attached hydrogens (tertiary/aromatic N) is 1. The van der Waals surface area contributed by atoms with Crippen LogP contribution in [0.2, 0.25) is 0 Å². The van der Waals surface area contributed by atoms with Crippen LogP contribution in [0.5, 0.6) is 11.5 Å². The highest BCUT2D eigenvalue weighted by Crippen LogP contribution is 2.32. The van der Waals surface area contributed by atoms with Gasteiger partial charge in [-0.25, -0.2) is 13.1 Å². The fraction of sp³-hybridized carbons (Fsp3) is 0.474. The molecular formula is C19H24N2O5S. The molecule has 1 saturated heterocycles. The monoisotopic (exact) mass is 392 g/mol. The van der Waals surface area contributed by atoms with Gasteiger partial charge in [0.05, 0.1) is 17.2 Å². The molecule has 0 spiro atoms. The van der Waals surface area contributed by atoms with E-state index in [-0.39, 0.29) is 17.5 Å². The molecule has 146 valence electrons. The van der Waals surface area contributed by atoms with Crippen LogP contribution in [0.4, 0.5) is 0 Å². The molecule has 1 fully saturated rings. The topological polar surface area (TPSA) is 81.0 Å². The first-order chi connectivity index (χ1) is 13.1. The molecule has 0 bridgehead atoms. The Balaban J connectivity index is 1.51. The van der Waals surface area contributed by atoms with Crippen molar-refractivity contribution in [2.45, 2.75) is 30.2 Å². The molecule has 2 aliphatic rings. The van der Waals surface area contributed by atoms with Crippen LogP contribution in [0.15, 0.2) is 45.9 Å². The van der Waals surface area contributed by atoms with Crippen molar-refractivity contribution in [3.05, 3.63) is 42.4 Å². The highest BCUT2D eigenvalue weighted by atomic mass is 32.2. The van der Waals surface area contributed by atoms with E-state index in [4.69, 9.17) is 13.9 Å². The van der Waals surface area contributed by atoms with E-state index in [0.29, 0.717) is 24.7 Å². The lowest BCUT2D eigenvalue weighted by molar-refractivity contribution is 0.147. The van der Waals surface area contributed by atoms with Crippen molar-refractivity contribution in [1.82, 2.24) is 9.62 Å². The summed E-state index contributed by atoms with van der Waals surface area (Å²) >= 11 is 0. The van der Waals surface area contributed by atoms with Crippen LogP contribution in [0.3, 0.4) is 0 Å². The molecule has 0 aliphatic carbocycles. The van der Waals surface area contributed by atoms with E-state index >= 15 is 0 Å². The molecule has 2 aromatic rings. The van der Waals surface area contributed by atoms with E-state index in [1.54, 1.807) is 18.4 Å². The summed E-state index contributed by atoms with van der Waals surface area (Å²) in [7, 11) is -3.67. The first-order valence-electron chi connectivity index (χ1n) is 9.30. The van der Waals surface area contributed by atoms with Gasteiger partial charge in [-0.1, -0.05) is 6.42 Å². The molecule has 1 aromatic heterocycles. The van der Waals surface area contributed by atoms with Gasteiger partial charge in [-0.2, -0.15) is 0 Å². The maximum Gasteiger partial charge on any atom is 0.240 e. The Bertz CT molecular complexity index is 860. The second kappa shape index (κ2) is 7.92. The fourth-order valence-electron chi connectivity index (χ4n) is 3.58. The minimum absolute atomic E-state index is 0.118. The third kappa shape index (κ3) is 4.12. The number of sulfonamides is 1. The highest BCUT2D eigenvalue weighted by molar-refractivity contribution is 7.89.